The molecule has 1 fully saturated rings. The van der Waals surface area contributed by atoms with E-state index in [-0.39, 0.29) is 6.04 Å². The van der Waals surface area contributed by atoms with Gasteiger partial charge in [-0.25, -0.2) is 9.98 Å². The first-order valence-electron chi connectivity index (χ1n) is 8.41. The molecule has 126 valence electrons. The van der Waals surface area contributed by atoms with Crippen LogP contribution in [0.5, 0.6) is 0 Å². The standard InChI is InChI=1S/C17H32N4O/c1-6-12-19-17(21-15-10-8-7-9-11-15)20-14(3)13(2)16(18-4)22-5/h12,14-15,18H,6-11H2,1-5H3,(H,20,21). The third-order valence-corrected chi connectivity index (χ3v) is 4.06. The molecule has 0 saturated heterocycles. The zero-order valence-corrected chi connectivity index (χ0v) is 14.8. The lowest BCUT2D eigenvalue weighted by Crippen LogP contribution is -2.35. The van der Waals surface area contributed by atoms with Crippen LogP contribution in [0.25, 0.3) is 0 Å². The maximum atomic E-state index is 5.35. The Kier molecular flexibility index (Phi) is 8.63. The van der Waals surface area contributed by atoms with Crippen LogP contribution < -0.4 is 10.6 Å². The molecule has 0 bridgehead atoms. The molecular formula is C17H32N4O. The van der Waals surface area contributed by atoms with Crippen molar-refractivity contribution in [3.05, 3.63) is 11.5 Å². The molecule has 1 aliphatic carbocycles. The predicted octanol–water partition coefficient (Wildman–Crippen LogP) is 3.23. The van der Waals surface area contributed by atoms with Crippen LogP contribution >= 0.6 is 0 Å². The van der Waals surface area contributed by atoms with Crippen LogP contribution in [0.4, 0.5) is 0 Å². The normalized spacial score (nSPS) is 19.8. The summed E-state index contributed by atoms with van der Waals surface area (Å²) in [5.41, 5.74) is 1.10. The number of methoxy groups -OCH3 is 1. The molecule has 1 aliphatic rings. The second-order valence-corrected chi connectivity index (χ2v) is 5.80. The smallest absolute Gasteiger partial charge is 0.218 e. The van der Waals surface area contributed by atoms with E-state index in [1.54, 1.807) is 7.11 Å². The molecule has 0 aromatic carbocycles. The van der Waals surface area contributed by atoms with E-state index in [0.29, 0.717) is 6.04 Å². The Hall–Kier alpha value is -1.52. The Morgan fingerprint density at radius 3 is 2.55 bits per heavy atom. The third-order valence-electron chi connectivity index (χ3n) is 4.06. The van der Waals surface area contributed by atoms with Crippen molar-refractivity contribution < 1.29 is 4.74 Å². The zero-order valence-electron chi connectivity index (χ0n) is 14.8. The Balaban J connectivity index is 2.81. The van der Waals surface area contributed by atoms with E-state index in [1.807, 2.05) is 13.3 Å². The van der Waals surface area contributed by atoms with Gasteiger partial charge < -0.3 is 15.4 Å². The van der Waals surface area contributed by atoms with Crippen LogP contribution in [-0.4, -0.2) is 38.4 Å². The van der Waals surface area contributed by atoms with Gasteiger partial charge in [-0.15, -0.1) is 0 Å². The van der Waals surface area contributed by atoms with E-state index in [9.17, 15) is 0 Å². The highest BCUT2D eigenvalue weighted by Crippen LogP contribution is 2.20. The van der Waals surface area contributed by atoms with Gasteiger partial charge in [-0.3, -0.25) is 0 Å². The maximum Gasteiger partial charge on any atom is 0.218 e. The number of aliphatic imine (C=N–C) groups is 2. The molecule has 22 heavy (non-hydrogen) atoms. The third kappa shape index (κ3) is 6.08. The van der Waals surface area contributed by atoms with Crippen molar-refractivity contribution in [1.82, 2.24) is 10.6 Å². The molecule has 1 rings (SSSR count). The highest BCUT2D eigenvalue weighted by Gasteiger charge is 2.15. The van der Waals surface area contributed by atoms with Crippen molar-refractivity contribution in [3.8, 4) is 0 Å². The molecule has 5 nitrogen and oxygen atoms in total. The molecule has 0 heterocycles. The quantitative estimate of drug-likeness (QED) is 0.450. The van der Waals surface area contributed by atoms with E-state index in [1.165, 1.54) is 32.1 Å². The second-order valence-electron chi connectivity index (χ2n) is 5.80. The van der Waals surface area contributed by atoms with E-state index >= 15 is 0 Å². The van der Waals surface area contributed by atoms with Crippen LogP contribution in [0.1, 0.15) is 59.3 Å². The molecule has 0 radical (unpaired) electrons. The lowest BCUT2D eigenvalue weighted by atomic mass is 9.96. The number of hydrogen-bond donors (Lipinski definition) is 2. The van der Waals surface area contributed by atoms with Gasteiger partial charge in [0.2, 0.25) is 5.96 Å². The summed E-state index contributed by atoms with van der Waals surface area (Å²) in [6.45, 7) is 6.23. The summed E-state index contributed by atoms with van der Waals surface area (Å²) in [5.74, 6) is 1.53. The Labute approximate surface area is 135 Å². The van der Waals surface area contributed by atoms with Crippen LogP contribution in [-0.2, 0) is 4.74 Å². The fourth-order valence-corrected chi connectivity index (χ4v) is 2.63. The molecule has 1 saturated carbocycles. The van der Waals surface area contributed by atoms with Gasteiger partial charge in [-0.05, 0) is 33.1 Å². The van der Waals surface area contributed by atoms with Gasteiger partial charge in [0.15, 0.2) is 5.88 Å². The summed E-state index contributed by atoms with van der Waals surface area (Å²) in [6, 6.07) is 0.520. The minimum Gasteiger partial charge on any atom is -0.483 e. The molecule has 0 amide bonds. The summed E-state index contributed by atoms with van der Waals surface area (Å²) in [5, 5.41) is 6.49. The van der Waals surface area contributed by atoms with Gasteiger partial charge in [-0.2, -0.15) is 0 Å². The molecule has 1 atom stereocenters. The van der Waals surface area contributed by atoms with Gasteiger partial charge in [0, 0.05) is 18.8 Å². The Morgan fingerprint density at radius 2 is 2.00 bits per heavy atom. The van der Waals surface area contributed by atoms with Crippen molar-refractivity contribution in [2.45, 2.75) is 71.4 Å². The molecule has 0 aromatic rings. The van der Waals surface area contributed by atoms with Crippen molar-refractivity contribution in [2.24, 2.45) is 9.98 Å². The summed E-state index contributed by atoms with van der Waals surface area (Å²) in [4.78, 5) is 9.33. The number of nitrogens with zero attached hydrogens (tertiary/aromatic N) is 2. The average Bonchev–Trinajstić information content (AvgIpc) is 2.54. The lowest BCUT2D eigenvalue weighted by Gasteiger charge is -2.21. The first-order valence-corrected chi connectivity index (χ1v) is 8.41. The number of nitrogens with one attached hydrogen (secondary N) is 2. The molecule has 0 spiro atoms. The molecule has 2 N–H and O–H groups in total. The number of rotatable bonds is 6. The zero-order chi connectivity index (χ0) is 16.4. The van der Waals surface area contributed by atoms with Crippen molar-refractivity contribution >= 4 is 12.2 Å². The number of ether oxygens (including phenoxy) is 1. The van der Waals surface area contributed by atoms with Gasteiger partial charge in [0.25, 0.3) is 0 Å². The summed E-state index contributed by atoms with van der Waals surface area (Å²) < 4.78 is 5.35. The van der Waals surface area contributed by atoms with Crippen molar-refractivity contribution in [3.63, 3.8) is 0 Å². The molecule has 5 heteroatoms. The fraction of sp³-hybridized carbons (Fsp3) is 0.765. The van der Waals surface area contributed by atoms with Gasteiger partial charge in [0.1, 0.15) is 0 Å². The highest BCUT2D eigenvalue weighted by molar-refractivity contribution is 5.88. The van der Waals surface area contributed by atoms with E-state index in [2.05, 4.69) is 36.4 Å². The van der Waals surface area contributed by atoms with E-state index in [0.717, 1.165) is 23.8 Å². The topological polar surface area (TPSA) is 58.0 Å². The van der Waals surface area contributed by atoms with E-state index in [4.69, 9.17) is 9.73 Å². The SMILES string of the molecule is CCC=NC(=NC1CCCCC1)NC(C)C(C)=C(NC)OC. The van der Waals surface area contributed by atoms with Gasteiger partial charge >= 0.3 is 0 Å². The minimum absolute atomic E-state index is 0.110. The van der Waals surface area contributed by atoms with Gasteiger partial charge in [-0.1, -0.05) is 26.2 Å². The monoisotopic (exact) mass is 308 g/mol. The lowest BCUT2D eigenvalue weighted by molar-refractivity contribution is 0.260. The highest BCUT2D eigenvalue weighted by atomic mass is 16.5. The predicted molar refractivity (Wildman–Crippen MR) is 94.5 cm³/mol. The largest absolute Gasteiger partial charge is 0.483 e. The first-order chi connectivity index (χ1) is 10.6. The van der Waals surface area contributed by atoms with E-state index < -0.39 is 0 Å². The fourth-order valence-electron chi connectivity index (χ4n) is 2.63. The molecular weight excluding hydrogens is 276 g/mol. The van der Waals surface area contributed by atoms with Crippen molar-refractivity contribution in [2.75, 3.05) is 14.2 Å². The number of hydrogen-bond acceptors (Lipinski definition) is 3. The van der Waals surface area contributed by atoms with Crippen LogP contribution in [0.2, 0.25) is 0 Å². The van der Waals surface area contributed by atoms with Crippen LogP contribution in [0.15, 0.2) is 21.4 Å². The molecule has 0 aromatic heterocycles. The average molecular weight is 308 g/mol. The minimum atomic E-state index is 0.110. The van der Waals surface area contributed by atoms with Crippen LogP contribution in [0, 0.1) is 0 Å². The second kappa shape index (κ2) is 10.2. The summed E-state index contributed by atoms with van der Waals surface area (Å²) in [6.07, 6.45) is 9.07. The van der Waals surface area contributed by atoms with Crippen LogP contribution in [0.3, 0.4) is 0 Å². The summed E-state index contributed by atoms with van der Waals surface area (Å²) in [7, 11) is 3.54. The molecule has 1 unspecified atom stereocenters. The van der Waals surface area contributed by atoms with Gasteiger partial charge in [0.05, 0.1) is 19.2 Å². The number of guanidine groups is 1. The summed E-state index contributed by atoms with van der Waals surface area (Å²) >= 11 is 0. The first kappa shape index (κ1) is 18.5. The molecule has 0 aliphatic heterocycles. The Bertz CT molecular complexity index is 403. The maximum absolute atomic E-state index is 5.35. The Morgan fingerprint density at radius 1 is 1.32 bits per heavy atom. The van der Waals surface area contributed by atoms with Crippen molar-refractivity contribution in [1.29, 1.82) is 0 Å².